The Bertz CT molecular complexity index is 700. The standard InChI is InChI=1S/C15H18N2O3S/c1-3-12-10-14(7-8-15(12)20-2)21(18,19)17-11-13-6-4-5-9-16-13/h4-10,17H,3,11H2,1-2H3. The molecule has 1 aromatic carbocycles. The van der Waals surface area contributed by atoms with Gasteiger partial charge in [0, 0.05) is 6.20 Å². The van der Waals surface area contributed by atoms with E-state index in [0.717, 1.165) is 5.56 Å². The monoisotopic (exact) mass is 306 g/mol. The highest BCUT2D eigenvalue weighted by molar-refractivity contribution is 7.89. The van der Waals surface area contributed by atoms with E-state index in [1.807, 2.05) is 13.0 Å². The van der Waals surface area contributed by atoms with Crippen molar-refractivity contribution in [1.82, 2.24) is 9.71 Å². The number of sulfonamides is 1. The average Bonchev–Trinajstić information content (AvgIpc) is 2.53. The van der Waals surface area contributed by atoms with Crippen LogP contribution in [0.15, 0.2) is 47.5 Å². The van der Waals surface area contributed by atoms with Crippen LogP contribution >= 0.6 is 0 Å². The summed E-state index contributed by atoms with van der Waals surface area (Å²) in [5, 5.41) is 0. The van der Waals surface area contributed by atoms with Crippen molar-refractivity contribution in [2.75, 3.05) is 7.11 Å². The van der Waals surface area contributed by atoms with Crippen molar-refractivity contribution in [3.05, 3.63) is 53.9 Å². The van der Waals surface area contributed by atoms with Gasteiger partial charge in [0.2, 0.25) is 10.0 Å². The lowest BCUT2D eigenvalue weighted by molar-refractivity contribution is 0.409. The van der Waals surface area contributed by atoms with Gasteiger partial charge in [-0.2, -0.15) is 0 Å². The van der Waals surface area contributed by atoms with E-state index in [1.54, 1.807) is 43.6 Å². The lowest BCUT2D eigenvalue weighted by Crippen LogP contribution is -2.23. The molecule has 0 fully saturated rings. The van der Waals surface area contributed by atoms with Crippen LogP contribution in [0.2, 0.25) is 0 Å². The Balaban J connectivity index is 2.19. The van der Waals surface area contributed by atoms with Crippen LogP contribution in [-0.2, 0) is 23.0 Å². The minimum absolute atomic E-state index is 0.163. The first kappa shape index (κ1) is 15.5. The zero-order chi connectivity index (χ0) is 15.3. The van der Waals surface area contributed by atoms with Gasteiger partial charge >= 0.3 is 0 Å². The summed E-state index contributed by atoms with van der Waals surface area (Å²) in [6.45, 7) is 2.12. The highest BCUT2D eigenvalue weighted by Gasteiger charge is 2.16. The minimum atomic E-state index is -3.56. The maximum atomic E-state index is 12.3. The smallest absolute Gasteiger partial charge is 0.240 e. The molecule has 0 aliphatic heterocycles. The number of ether oxygens (including phenoxy) is 1. The van der Waals surface area contributed by atoms with E-state index >= 15 is 0 Å². The molecule has 2 aromatic rings. The van der Waals surface area contributed by atoms with E-state index in [9.17, 15) is 8.42 Å². The zero-order valence-electron chi connectivity index (χ0n) is 12.0. The summed E-state index contributed by atoms with van der Waals surface area (Å²) >= 11 is 0. The fraction of sp³-hybridized carbons (Fsp3) is 0.267. The number of pyridine rings is 1. The molecule has 0 aliphatic carbocycles. The van der Waals surface area contributed by atoms with Crippen molar-refractivity contribution in [3.63, 3.8) is 0 Å². The number of rotatable bonds is 6. The molecule has 1 aromatic heterocycles. The highest BCUT2D eigenvalue weighted by Crippen LogP contribution is 2.22. The Morgan fingerprint density at radius 1 is 1.24 bits per heavy atom. The molecule has 0 atom stereocenters. The first-order valence-corrected chi connectivity index (χ1v) is 8.11. The van der Waals surface area contributed by atoms with Crippen LogP contribution in [0.5, 0.6) is 5.75 Å². The molecule has 1 N–H and O–H groups in total. The third-order valence-corrected chi connectivity index (χ3v) is 4.51. The Kier molecular flexibility index (Phi) is 4.93. The van der Waals surface area contributed by atoms with Gasteiger partial charge in [0.25, 0.3) is 0 Å². The second-order valence-corrected chi connectivity index (χ2v) is 6.24. The summed E-state index contributed by atoms with van der Waals surface area (Å²) in [5.41, 5.74) is 1.53. The van der Waals surface area contributed by atoms with Crippen LogP contribution in [0.3, 0.4) is 0 Å². The molecular weight excluding hydrogens is 288 g/mol. The molecule has 1 heterocycles. The summed E-state index contributed by atoms with van der Waals surface area (Å²) in [7, 11) is -1.99. The van der Waals surface area contributed by atoms with Crippen LogP contribution in [-0.4, -0.2) is 20.5 Å². The third-order valence-electron chi connectivity index (χ3n) is 3.11. The van der Waals surface area contributed by atoms with Gasteiger partial charge in [0.15, 0.2) is 0 Å². The lowest BCUT2D eigenvalue weighted by atomic mass is 10.1. The zero-order valence-corrected chi connectivity index (χ0v) is 12.9. The van der Waals surface area contributed by atoms with Gasteiger partial charge in [-0.25, -0.2) is 13.1 Å². The second kappa shape index (κ2) is 6.69. The summed E-state index contributed by atoms with van der Waals surface area (Å²) < 4.78 is 32.3. The summed E-state index contributed by atoms with van der Waals surface area (Å²) in [6.07, 6.45) is 2.33. The van der Waals surface area contributed by atoms with Gasteiger partial charge in [-0.1, -0.05) is 13.0 Å². The number of nitrogens with one attached hydrogen (secondary N) is 1. The maximum absolute atomic E-state index is 12.3. The topological polar surface area (TPSA) is 68.3 Å². The summed E-state index contributed by atoms with van der Waals surface area (Å²) in [4.78, 5) is 4.32. The molecule has 0 saturated heterocycles. The van der Waals surface area contributed by atoms with Crippen molar-refractivity contribution < 1.29 is 13.2 Å². The first-order valence-electron chi connectivity index (χ1n) is 6.63. The minimum Gasteiger partial charge on any atom is -0.496 e. The lowest BCUT2D eigenvalue weighted by Gasteiger charge is -2.10. The number of hydrogen-bond donors (Lipinski definition) is 1. The molecule has 5 nitrogen and oxygen atoms in total. The van der Waals surface area contributed by atoms with E-state index < -0.39 is 10.0 Å². The molecule has 0 bridgehead atoms. The van der Waals surface area contributed by atoms with Crippen molar-refractivity contribution in [2.45, 2.75) is 24.8 Å². The largest absolute Gasteiger partial charge is 0.496 e. The van der Waals surface area contributed by atoms with Gasteiger partial charge in [-0.3, -0.25) is 4.98 Å². The van der Waals surface area contributed by atoms with Crippen LogP contribution in [0.25, 0.3) is 0 Å². The van der Waals surface area contributed by atoms with E-state index in [1.165, 1.54) is 0 Å². The summed E-state index contributed by atoms with van der Waals surface area (Å²) in [6, 6.07) is 10.2. The number of aryl methyl sites for hydroxylation is 1. The van der Waals surface area contributed by atoms with E-state index in [-0.39, 0.29) is 11.4 Å². The van der Waals surface area contributed by atoms with Crippen molar-refractivity contribution >= 4 is 10.0 Å². The quantitative estimate of drug-likeness (QED) is 0.887. The molecule has 0 spiro atoms. The predicted octanol–water partition coefficient (Wildman–Crippen LogP) is 2.13. The van der Waals surface area contributed by atoms with Crippen LogP contribution in [0, 0.1) is 0 Å². The molecule has 0 radical (unpaired) electrons. The van der Waals surface area contributed by atoms with Crippen molar-refractivity contribution in [2.24, 2.45) is 0 Å². The van der Waals surface area contributed by atoms with Gasteiger partial charge < -0.3 is 4.74 Å². The molecule has 112 valence electrons. The second-order valence-electron chi connectivity index (χ2n) is 4.47. The van der Waals surface area contributed by atoms with Gasteiger partial charge in [0.05, 0.1) is 24.2 Å². The maximum Gasteiger partial charge on any atom is 0.240 e. The van der Waals surface area contributed by atoms with E-state index in [2.05, 4.69) is 9.71 Å². The number of methoxy groups -OCH3 is 1. The number of hydrogen-bond acceptors (Lipinski definition) is 4. The molecule has 0 unspecified atom stereocenters. The fourth-order valence-electron chi connectivity index (χ4n) is 1.95. The van der Waals surface area contributed by atoms with Gasteiger partial charge in [-0.05, 0) is 42.3 Å². The first-order chi connectivity index (χ1) is 10.1. The molecular formula is C15H18N2O3S. The van der Waals surface area contributed by atoms with Crippen LogP contribution < -0.4 is 9.46 Å². The molecule has 21 heavy (non-hydrogen) atoms. The van der Waals surface area contributed by atoms with Crippen molar-refractivity contribution in [3.8, 4) is 5.75 Å². The number of aromatic nitrogens is 1. The molecule has 0 aliphatic rings. The molecule has 0 amide bonds. The van der Waals surface area contributed by atoms with Crippen molar-refractivity contribution in [1.29, 1.82) is 0 Å². The van der Waals surface area contributed by atoms with Gasteiger partial charge in [-0.15, -0.1) is 0 Å². The number of nitrogens with zero attached hydrogens (tertiary/aromatic N) is 1. The Labute approximate surface area is 125 Å². The SMILES string of the molecule is CCc1cc(S(=O)(=O)NCc2ccccn2)ccc1OC. The Morgan fingerprint density at radius 3 is 2.67 bits per heavy atom. The Morgan fingerprint density at radius 2 is 2.05 bits per heavy atom. The van der Waals surface area contributed by atoms with E-state index in [4.69, 9.17) is 4.74 Å². The Hall–Kier alpha value is -1.92. The highest BCUT2D eigenvalue weighted by atomic mass is 32.2. The summed E-state index contributed by atoms with van der Waals surface area (Å²) in [5.74, 6) is 0.696. The average molecular weight is 306 g/mol. The third kappa shape index (κ3) is 3.80. The van der Waals surface area contributed by atoms with Crippen LogP contribution in [0.1, 0.15) is 18.2 Å². The molecule has 6 heteroatoms. The number of benzene rings is 1. The van der Waals surface area contributed by atoms with Gasteiger partial charge in [0.1, 0.15) is 5.75 Å². The van der Waals surface area contributed by atoms with Crippen LogP contribution in [0.4, 0.5) is 0 Å². The molecule has 0 saturated carbocycles. The predicted molar refractivity (Wildman–Crippen MR) is 80.6 cm³/mol. The normalized spacial score (nSPS) is 11.3. The van der Waals surface area contributed by atoms with E-state index in [0.29, 0.717) is 17.9 Å². The fourth-order valence-corrected chi connectivity index (χ4v) is 3.00. The molecule has 2 rings (SSSR count).